The molecule has 0 aromatic heterocycles. The van der Waals surface area contributed by atoms with Crippen LogP contribution in [0.15, 0.2) is 18.2 Å². The van der Waals surface area contributed by atoms with Crippen LogP contribution in [0, 0.1) is 17.1 Å². The Hall–Kier alpha value is -1.46. The Morgan fingerprint density at radius 3 is 2.67 bits per heavy atom. The Morgan fingerprint density at radius 1 is 1.61 bits per heavy atom. The largest absolute Gasteiger partial charge is 0.477 e. The van der Waals surface area contributed by atoms with Crippen molar-refractivity contribution >= 4 is 23.3 Å². The van der Waals surface area contributed by atoms with Crippen molar-refractivity contribution in [3.63, 3.8) is 0 Å². The van der Waals surface area contributed by atoms with Crippen LogP contribution < -0.4 is 5.73 Å². The lowest BCUT2D eigenvalue weighted by molar-refractivity contribution is -0.129. The van der Waals surface area contributed by atoms with E-state index >= 15 is 0 Å². The molecule has 98 valence electrons. The number of carbonyl (C=O) groups is 1. The molecule has 0 unspecified atom stereocenters. The molecule has 0 bridgehead atoms. The summed E-state index contributed by atoms with van der Waals surface area (Å²) in [6.45, 7) is 1.73. The van der Waals surface area contributed by atoms with Crippen LogP contribution in [0.1, 0.15) is 24.9 Å². The molecule has 18 heavy (non-hydrogen) atoms. The van der Waals surface area contributed by atoms with Crippen molar-refractivity contribution in [1.82, 2.24) is 0 Å². The number of carboxylic acid groups (broad SMARTS) is 1. The van der Waals surface area contributed by atoms with E-state index in [4.69, 9.17) is 27.9 Å². The monoisotopic (exact) mass is 272 g/mol. The molecule has 0 saturated carbocycles. The molecule has 1 aromatic carbocycles. The first-order valence-corrected chi connectivity index (χ1v) is 5.78. The van der Waals surface area contributed by atoms with E-state index < -0.39 is 29.5 Å². The molecule has 1 rings (SSSR count). The van der Waals surface area contributed by atoms with Crippen molar-refractivity contribution in [3.05, 3.63) is 34.6 Å². The predicted octanol–water partition coefficient (Wildman–Crippen LogP) is 2.61. The van der Waals surface area contributed by atoms with Crippen molar-refractivity contribution in [1.29, 1.82) is 5.41 Å². The lowest BCUT2D eigenvalue weighted by Crippen LogP contribution is -2.32. The summed E-state index contributed by atoms with van der Waals surface area (Å²) in [4.78, 5) is 10.8. The lowest BCUT2D eigenvalue weighted by Gasteiger charge is -2.22. The lowest BCUT2D eigenvalue weighted by atomic mass is 9.87. The van der Waals surface area contributed by atoms with E-state index in [0.717, 1.165) is 0 Å². The van der Waals surface area contributed by atoms with Gasteiger partial charge in [-0.15, -0.1) is 0 Å². The molecule has 0 radical (unpaired) electrons. The maximum absolute atomic E-state index is 13.3. The minimum absolute atomic E-state index is 0.0210. The Balaban J connectivity index is 3.03. The molecular formula is C12H14ClFN2O2. The van der Waals surface area contributed by atoms with E-state index in [9.17, 15) is 9.18 Å². The van der Waals surface area contributed by atoms with Gasteiger partial charge in [0.1, 0.15) is 11.5 Å². The van der Waals surface area contributed by atoms with Gasteiger partial charge in [-0.3, -0.25) is 5.41 Å². The molecule has 4 nitrogen and oxygen atoms in total. The van der Waals surface area contributed by atoms with Gasteiger partial charge in [0.2, 0.25) is 0 Å². The molecule has 0 heterocycles. The summed E-state index contributed by atoms with van der Waals surface area (Å²) < 4.78 is 13.3. The number of benzene rings is 1. The first-order valence-electron chi connectivity index (χ1n) is 5.40. The Bertz CT molecular complexity index is 479. The van der Waals surface area contributed by atoms with Gasteiger partial charge in [0.15, 0.2) is 0 Å². The highest BCUT2D eigenvalue weighted by Crippen LogP contribution is 2.26. The van der Waals surface area contributed by atoms with Crippen molar-refractivity contribution in [3.8, 4) is 0 Å². The van der Waals surface area contributed by atoms with Gasteiger partial charge >= 0.3 is 5.97 Å². The average molecular weight is 273 g/mol. The molecule has 2 atom stereocenters. The molecule has 0 amide bonds. The van der Waals surface area contributed by atoms with E-state index in [1.165, 1.54) is 18.2 Å². The van der Waals surface area contributed by atoms with Crippen LogP contribution in [0.25, 0.3) is 0 Å². The zero-order chi connectivity index (χ0) is 13.9. The Morgan fingerprint density at radius 2 is 2.22 bits per heavy atom. The fraction of sp³-hybridized carbons (Fsp3) is 0.333. The zero-order valence-corrected chi connectivity index (χ0v) is 10.5. The third-order valence-electron chi connectivity index (χ3n) is 2.80. The number of halogens is 2. The Kier molecular flexibility index (Phi) is 4.81. The molecule has 6 heteroatoms. The van der Waals surface area contributed by atoms with E-state index in [-0.39, 0.29) is 5.02 Å². The van der Waals surface area contributed by atoms with E-state index in [2.05, 4.69) is 0 Å². The highest BCUT2D eigenvalue weighted by Gasteiger charge is 2.26. The first kappa shape index (κ1) is 14.6. The molecule has 4 N–H and O–H groups in total. The van der Waals surface area contributed by atoms with E-state index in [0.29, 0.717) is 12.0 Å². The van der Waals surface area contributed by atoms with Crippen LogP contribution >= 0.6 is 11.6 Å². The number of rotatable bonds is 5. The number of carboxylic acids is 1. The minimum atomic E-state index is -1.31. The van der Waals surface area contributed by atoms with Crippen LogP contribution in [0.3, 0.4) is 0 Å². The third kappa shape index (κ3) is 3.05. The standard InChI is InChI=1S/C12H14ClFN2O2/c1-2-7(11(16)12(17)18)10(15)6-3-4-8(13)9(14)5-6/h3-5,7,10,16H,2,15H2,1H3,(H,17,18)/t7-,10-/m1/s1. The summed E-state index contributed by atoms with van der Waals surface area (Å²) in [5.41, 5.74) is 5.85. The smallest absolute Gasteiger partial charge is 0.349 e. The fourth-order valence-corrected chi connectivity index (χ4v) is 1.87. The van der Waals surface area contributed by atoms with Gasteiger partial charge in [-0.1, -0.05) is 24.6 Å². The van der Waals surface area contributed by atoms with Crippen molar-refractivity contribution < 1.29 is 14.3 Å². The van der Waals surface area contributed by atoms with Crippen LogP contribution in [-0.4, -0.2) is 16.8 Å². The number of hydrogen-bond acceptors (Lipinski definition) is 3. The van der Waals surface area contributed by atoms with Crippen molar-refractivity contribution in [2.24, 2.45) is 11.7 Å². The van der Waals surface area contributed by atoms with Crippen LogP contribution in [0.4, 0.5) is 4.39 Å². The molecule has 0 saturated heterocycles. The second kappa shape index (κ2) is 5.93. The molecule has 0 spiro atoms. The zero-order valence-electron chi connectivity index (χ0n) is 9.78. The van der Waals surface area contributed by atoms with Crippen LogP contribution in [0.5, 0.6) is 0 Å². The molecule has 0 aliphatic carbocycles. The number of hydrogen-bond donors (Lipinski definition) is 3. The van der Waals surface area contributed by atoms with Gasteiger partial charge in [-0.25, -0.2) is 9.18 Å². The molecule has 0 aliphatic rings. The van der Waals surface area contributed by atoms with Gasteiger partial charge < -0.3 is 10.8 Å². The molecular weight excluding hydrogens is 259 g/mol. The fourth-order valence-electron chi connectivity index (χ4n) is 1.75. The van der Waals surface area contributed by atoms with Crippen molar-refractivity contribution in [2.75, 3.05) is 0 Å². The van der Waals surface area contributed by atoms with Gasteiger partial charge in [0.25, 0.3) is 0 Å². The second-order valence-corrected chi connectivity index (χ2v) is 4.34. The van der Waals surface area contributed by atoms with E-state index in [1.54, 1.807) is 6.92 Å². The normalized spacial score (nSPS) is 14.0. The predicted molar refractivity (Wildman–Crippen MR) is 67.5 cm³/mol. The highest BCUT2D eigenvalue weighted by molar-refractivity contribution is 6.35. The Labute approximate surface area is 109 Å². The quantitative estimate of drug-likeness (QED) is 0.720. The van der Waals surface area contributed by atoms with E-state index in [1.807, 2.05) is 0 Å². The maximum Gasteiger partial charge on any atom is 0.349 e. The third-order valence-corrected chi connectivity index (χ3v) is 3.11. The summed E-state index contributed by atoms with van der Waals surface area (Å²) in [6, 6.07) is 3.33. The van der Waals surface area contributed by atoms with Crippen molar-refractivity contribution in [2.45, 2.75) is 19.4 Å². The van der Waals surface area contributed by atoms with Gasteiger partial charge in [-0.05, 0) is 24.1 Å². The second-order valence-electron chi connectivity index (χ2n) is 3.93. The van der Waals surface area contributed by atoms with Crippen LogP contribution in [0.2, 0.25) is 5.02 Å². The average Bonchev–Trinajstić information content (AvgIpc) is 2.33. The number of aliphatic carboxylic acids is 1. The summed E-state index contributed by atoms with van der Waals surface area (Å²) >= 11 is 5.56. The first-order chi connectivity index (χ1) is 8.38. The molecule has 0 fully saturated rings. The summed E-state index contributed by atoms with van der Waals surface area (Å²) in [5.74, 6) is -2.59. The maximum atomic E-state index is 13.3. The summed E-state index contributed by atoms with van der Waals surface area (Å²) in [6.07, 6.45) is 0.385. The summed E-state index contributed by atoms with van der Waals surface area (Å²) in [7, 11) is 0. The van der Waals surface area contributed by atoms with Gasteiger partial charge in [0, 0.05) is 12.0 Å². The highest BCUT2D eigenvalue weighted by atomic mass is 35.5. The number of nitrogens with one attached hydrogen (secondary N) is 1. The number of nitrogens with two attached hydrogens (primary N) is 1. The van der Waals surface area contributed by atoms with Gasteiger partial charge in [-0.2, -0.15) is 0 Å². The van der Waals surface area contributed by atoms with Gasteiger partial charge in [0.05, 0.1) is 5.02 Å². The topological polar surface area (TPSA) is 87.2 Å². The summed E-state index contributed by atoms with van der Waals surface area (Å²) in [5, 5.41) is 16.3. The molecule has 0 aliphatic heterocycles. The molecule has 1 aromatic rings. The SMILES string of the molecule is CC[C@@H](C(=N)C(=O)O)[C@H](N)c1ccc(Cl)c(F)c1. The van der Waals surface area contributed by atoms with Crippen LogP contribution in [-0.2, 0) is 4.79 Å². The minimum Gasteiger partial charge on any atom is -0.477 e.